The van der Waals surface area contributed by atoms with E-state index in [0.717, 1.165) is 12.1 Å². The summed E-state index contributed by atoms with van der Waals surface area (Å²) < 4.78 is 5.68. The van der Waals surface area contributed by atoms with Crippen LogP contribution in [-0.4, -0.2) is 10.9 Å². The van der Waals surface area contributed by atoms with Crippen LogP contribution in [0.15, 0.2) is 72.9 Å². The number of benzene rings is 2. The number of hydrogen-bond donors (Lipinski definition) is 1. The molecule has 3 aromatic rings. The van der Waals surface area contributed by atoms with E-state index in [0.29, 0.717) is 17.2 Å². The van der Waals surface area contributed by atoms with Gasteiger partial charge in [0.15, 0.2) is 0 Å². The van der Waals surface area contributed by atoms with E-state index in [1.165, 1.54) is 18.4 Å². The first-order valence-electron chi connectivity index (χ1n) is 8.84. The van der Waals surface area contributed by atoms with Gasteiger partial charge in [0.2, 0.25) is 5.88 Å². The Hall–Kier alpha value is -3.14. The van der Waals surface area contributed by atoms with Gasteiger partial charge in [0.1, 0.15) is 5.75 Å². The van der Waals surface area contributed by atoms with Crippen LogP contribution in [0.4, 0.5) is 5.69 Å². The Labute approximate surface area is 153 Å². The second-order valence-electron chi connectivity index (χ2n) is 6.05. The number of amides is 1. The molecule has 0 aliphatic carbocycles. The first-order chi connectivity index (χ1) is 12.7. The second-order valence-corrected chi connectivity index (χ2v) is 6.05. The third-order valence-corrected chi connectivity index (χ3v) is 3.99. The molecule has 0 unspecified atom stereocenters. The first-order valence-corrected chi connectivity index (χ1v) is 8.84. The van der Waals surface area contributed by atoms with Gasteiger partial charge in [0, 0.05) is 23.5 Å². The number of unbranched alkanes of at least 4 members (excludes halogenated alkanes) is 1. The van der Waals surface area contributed by atoms with Crippen molar-refractivity contribution < 1.29 is 9.53 Å². The Morgan fingerprint density at radius 1 is 1.04 bits per heavy atom. The molecule has 0 radical (unpaired) electrons. The number of hydrogen-bond acceptors (Lipinski definition) is 3. The highest BCUT2D eigenvalue weighted by Gasteiger charge is 2.08. The van der Waals surface area contributed by atoms with Gasteiger partial charge in [0.25, 0.3) is 5.91 Å². The number of aromatic nitrogens is 1. The molecule has 4 heteroatoms. The summed E-state index contributed by atoms with van der Waals surface area (Å²) in [6, 6.07) is 20.5. The van der Waals surface area contributed by atoms with Crippen molar-refractivity contribution in [3.8, 4) is 11.6 Å². The molecule has 0 saturated carbocycles. The average Bonchev–Trinajstić information content (AvgIpc) is 2.68. The van der Waals surface area contributed by atoms with Crippen LogP contribution in [0.2, 0.25) is 0 Å². The lowest BCUT2D eigenvalue weighted by Crippen LogP contribution is -2.11. The van der Waals surface area contributed by atoms with E-state index in [1.54, 1.807) is 36.5 Å². The highest BCUT2D eigenvalue weighted by Crippen LogP contribution is 2.21. The van der Waals surface area contributed by atoms with Crippen LogP contribution in [0, 0.1) is 0 Å². The van der Waals surface area contributed by atoms with E-state index in [4.69, 9.17) is 4.74 Å². The van der Waals surface area contributed by atoms with Crippen molar-refractivity contribution >= 4 is 11.6 Å². The summed E-state index contributed by atoms with van der Waals surface area (Å²) in [7, 11) is 0. The summed E-state index contributed by atoms with van der Waals surface area (Å²) in [5.74, 6) is 0.900. The van der Waals surface area contributed by atoms with Crippen LogP contribution in [0.25, 0.3) is 0 Å². The van der Waals surface area contributed by atoms with E-state index in [1.807, 2.05) is 24.3 Å². The number of rotatable bonds is 7. The van der Waals surface area contributed by atoms with Crippen molar-refractivity contribution in [2.45, 2.75) is 26.2 Å². The van der Waals surface area contributed by atoms with Gasteiger partial charge in [-0.3, -0.25) is 4.79 Å². The standard InChI is InChI=1S/C22H22N2O2/c1-2-3-7-17-11-13-19(14-12-17)24-22(25)18-8-6-9-20(16-18)26-21-10-4-5-15-23-21/h4-6,8-16H,2-3,7H2,1H3,(H,24,25). The van der Waals surface area contributed by atoms with E-state index in [-0.39, 0.29) is 5.91 Å². The average molecular weight is 346 g/mol. The zero-order chi connectivity index (χ0) is 18.2. The maximum absolute atomic E-state index is 12.5. The molecule has 0 bridgehead atoms. The maximum Gasteiger partial charge on any atom is 0.255 e. The SMILES string of the molecule is CCCCc1ccc(NC(=O)c2cccc(Oc3ccccn3)c2)cc1. The topological polar surface area (TPSA) is 51.2 Å². The molecule has 1 heterocycles. The van der Waals surface area contributed by atoms with Crippen molar-refractivity contribution in [1.82, 2.24) is 4.98 Å². The Balaban J connectivity index is 1.65. The van der Waals surface area contributed by atoms with Crippen molar-refractivity contribution in [2.24, 2.45) is 0 Å². The molecule has 4 nitrogen and oxygen atoms in total. The quantitative estimate of drug-likeness (QED) is 0.617. The van der Waals surface area contributed by atoms with Gasteiger partial charge in [-0.05, 0) is 54.8 Å². The molecule has 3 rings (SSSR count). The number of pyridine rings is 1. The zero-order valence-electron chi connectivity index (χ0n) is 14.8. The molecule has 0 fully saturated rings. The minimum Gasteiger partial charge on any atom is -0.439 e. The summed E-state index contributed by atoms with van der Waals surface area (Å²) in [4.78, 5) is 16.6. The third kappa shape index (κ3) is 4.93. The normalized spacial score (nSPS) is 10.3. The van der Waals surface area contributed by atoms with Crippen LogP contribution < -0.4 is 10.1 Å². The second kappa shape index (κ2) is 8.81. The number of nitrogens with zero attached hydrogens (tertiary/aromatic N) is 1. The summed E-state index contributed by atoms with van der Waals surface area (Å²) in [5, 5.41) is 2.92. The van der Waals surface area contributed by atoms with Gasteiger partial charge in [-0.1, -0.05) is 37.6 Å². The predicted octanol–water partition coefficient (Wildman–Crippen LogP) is 5.47. The largest absolute Gasteiger partial charge is 0.439 e. The zero-order valence-corrected chi connectivity index (χ0v) is 14.8. The van der Waals surface area contributed by atoms with Crippen molar-refractivity contribution in [3.05, 3.63) is 84.1 Å². The molecule has 26 heavy (non-hydrogen) atoms. The molecule has 0 aliphatic heterocycles. The van der Waals surface area contributed by atoms with Crippen molar-refractivity contribution in [1.29, 1.82) is 0 Å². The lowest BCUT2D eigenvalue weighted by atomic mass is 10.1. The van der Waals surface area contributed by atoms with E-state index in [9.17, 15) is 4.79 Å². The fourth-order valence-electron chi connectivity index (χ4n) is 2.57. The highest BCUT2D eigenvalue weighted by molar-refractivity contribution is 6.04. The lowest BCUT2D eigenvalue weighted by Gasteiger charge is -2.09. The molecule has 132 valence electrons. The van der Waals surface area contributed by atoms with E-state index in [2.05, 4.69) is 29.4 Å². The molecule has 0 spiro atoms. The molecule has 0 atom stereocenters. The smallest absolute Gasteiger partial charge is 0.255 e. The van der Waals surface area contributed by atoms with Crippen LogP contribution in [0.1, 0.15) is 35.7 Å². The Morgan fingerprint density at radius 3 is 2.62 bits per heavy atom. The minimum atomic E-state index is -0.169. The number of anilines is 1. The molecule has 0 saturated heterocycles. The summed E-state index contributed by atoms with van der Waals surface area (Å²) in [5.41, 5.74) is 2.61. The Bertz CT molecular complexity index is 846. The van der Waals surface area contributed by atoms with Gasteiger partial charge in [0.05, 0.1) is 0 Å². The molecule has 1 N–H and O–H groups in total. The summed E-state index contributed by atoms with van der Waals surface area (Å²) in [6.07, 6.45) is 5.08. The van der Waals surface area contributed by atoms with Crippen LogP contribution in [0.3, 0.4) is 0 Å². The van der Waals surface area contributed by atoms with Crippen molar-refractivity contribution in [2.75, 3.05) is 5.32 Å². The number of nitrogens with one attached hydrogen (secondary N) is 1. The highest BCUT2D eigenvalue weighted by atomic mass is 16.5. The monoisotopic (exact) mass is 346 g/mol. The van der Waals surface area contributed by atoms with E-state index < -0.39 is 0 Å². The Kier molecular flexibility index (Phi) is 5.99. The fraction of sp³-hybridized carbons (Fsp3) is 0.182. The first kappa shape index (κ1) is 17.7. The Morgan fingerprint density at radius 2 is 1.88 bits per heavy atom. The van der Waals surface area contributed by atoms with Crippen molar-refractivity contribution in [3.63, 3.8) is 0 Å². The maximum atomic E-state index is 12.5. The summed E-state index contributed by atoms with van der Waals surface area (Å²) in [6.45, 7) is 2.18. The molecular weight excluding hydrogens is 324 g/mol. The van der Waals surface area contributed by atoms with Gasteiger partial charge >= 0.3 is 0 Å². The van der Waals surface area contributed by atoms with E-state index >= 15 is 0 Å². The van der Waals surface area contributed by atoms with Crippen LogP contribution >= 0.6 is 0 Å². The molecule has 0 aliphatic rings. The van der Waals surface area contributed by atoms with Crippen LogP contribution in [0.5, 0.6) is 11.6 Å². The molecule has 2 aromatic carbocycles. The van der Waals surface area contributed by atoms with Gasteiger partial charge in [-0.2, -0.15) is 0 Å². The number of carbonyl (C=O) groups is 1. The van der Waals surface area contributed by atoms with Gasteiger partial charge < -0.3 is 10.1 Å². The van der Waals surface area contributed by atoms with Gasteiger partial charge in [-0.25, -0.2) is 4.98 Å². The molecule has 1 aromatic heterocycles. The molecule has 1 amide bonds. The number of ether oxygens (including phenoxy) is 1. The number of carbonyl (C=O) groups excluding carboxylic acids is 1. The third-order valence-electron chi connectivity index (χ3n) is 3.99. The lowest BCUT2D eigenvalue weighted by molar-refractivity contribution is 0.102. The number of aryl methyl sites for hydroxylation is 1. The molecular formula is C22H22N2O2. The van der Waals surface area contributed by atoms with Crippen LogP contribution in [-0.2, 0) is 6.42 Å². The summed E-state index contributed by atoms with van der Waals surface area (Å²) >= 11 is 0. The van der Waals surface area contributed by atoms with Gasteiger partial charge in [-0.15, -0.1) is 0 Å². The fourth-order valence-corrected chi connectivity index (χ4v) is 2.57. The predicted molar refractivity (Wildman–Crippen MR) is 104 cm³/mol. The minimum absolute atomic E-state index is 0.169.